The first kappa shape index (κ1) is 13.3. The number of aryl methyl sites for hydroxylation is 1. The fraction of sp³-hybridized carbons (Fsp3) is 0.200. The van der Waals surface area contributed by atoms with E-state index in [-0.39, 0.29) is 6.61 Å². The van der Waals surface area contributed by atoms with Crippen LogP contribution in [-0.2, 0) is 6.61 Å². The van der Waals surface area contributed by atoms with Crippen molar-refractivity contribution < 1.29 is 5.11 Å². The van der Waals surface area contributed by atoms with E-state index in [1.54, 1.807) is 0 Å². The molecule has 0 aliphatic carbocycles. The molecular weight excluding hydrogens is 318 g/mol. The maximum absolute atomic E-state index is 9.40. The molecular formula is C15H14BrN3O. The van der Waals surface area contributed by atoms with Gasteiger partial charge in [-0.15, -0.1) is 0 Å². The zero-order chi connectivity index (χ0) is 14.3. The number of aliphatic hydroxyl groups is 1. The van der Waals surface area contributed by atoms with Crippen molar-refractivity contribution >= 4 is 26.8 Å². The molecule has 0 fully saturated rings. The predicted octanol–water partition coefficient (Wildman–Crippen LogP) is 3.29. The second kappa shape index (κ2) is 5.00. The van der Waals surface area contributed by atoms with Crippen LogP contribution in [0.25, 0.3) is 16.6 Å². The molecule has 102 valence electrons. The lowest BCUT2D eigenvalue weighted by Crippen LogP contribution is -2.03. The van der Waals surface area contributed by atoms with Crippen LogP contribution in [0.3, 0.4) is 0 Å². The molecule has 5 heteroatoms. The summed E-state index contributed by atoms with van der Waals surface area (Å²) in [6.45, 7) is 3.89. The third-order valence-electron chi connectivity index (χ3n) is 3.34. The minimum Gasteiger partial charge on any atom is -0.390 e. The number of halogens is 1. The van der Waals surface area contributed by atoms with Crippen LogP contribution < -0.4 is 0 Å². The highest BCUT2D eigenvalue weighted by molar-refractivity contribution is 9.10. The summed E-state index contributed by atoms with van der Waals surface area (Å²) in [6.07, 6.45) is 0. The number of hydrogen-bond acceptors (Lipinski definition) is 3. The van der Waals surface area contributed by atoms with Gasteiger partial charge in [-0.2, -0.15) is 5.10 Å². The minimum absolute atomic E-state index is 0.0850. The predicted molar refractivity (Wildman–Crippen MR) is 82.0 cm³/mol. The third-order valence-corrected chi connectivity index (χ3v) is 4.49. The first-order valence-corrected chi connectivity index (χ1v) is 7.12. The van der Waals surface area contributed by atoms with Crippen molar-refractivity contribution in [2.45, 2.75) is 20.5 Å². The fourth-order valence-electron chi connectivity index (χ4n) is 2.32. The Morgan fingerprint density at radius 2 is 2.00 bits per heavy atom. The van der Waals surface area contributed by atoms with Crippen LogP contribution in [0, 0.1) is 13.8 Å². The number of nitrogens with zero attached hydrogens (tertiary/aromatic N) is 3. The Bertz CT molecular complexity index is 795. The molecule has 0 amide bonds. The van der Waals surface area contributed by atoms with Crippen LogP contribution in [0.4, 0.5) is 0 Å². The Morgan fingerprint density at radius 3 is 2.65 bits per heavy atom. The van der Waals surface area contributed by atoms with Gasteiger partial charge in [-0.25, -0.2) is 4.68 Å². The van der Waals surface area contributed by atoms with E-state index in [4.69, 9.17) is 0 Å². The van der Waals surface area contributed by atoms with Gasteiger partial charge in [-0.1, -0.05) is 18.2 Å². The quantitative estimate of drug-likeness (QED) is 0.783. The second-order valence-corrected chi connectivity index (χ2v) is 5.50. The van der Waals surface area contributed by atoms with Crippen LogP contribution in [0.15, 0.2) is 34.8 Å². The number of pyridine rings is 1. The van der Waals surface area contributed by atoms with Crippen molar-refractivity contribution in [2.24, 2.45) is 0 Å². The number of hydrogen-bond donors (Lipinski definition) is 1. The lowest BCUT2D eigenvalue weighted by molar-refractivity contribution is 0.277. The molecule has 0 aliphatic rings. The van der Waals surface area contributed by atoms with Crippen molar-refractivity contribution in [3.05, 3.63) is 51.9 Å². The Kier molecular flexibility index (Phi) is 3.31. The highest BCUT2D eigenvalue weighted by Gasteiger charge is 2.14. The van der Waals surface area contributed by atoms with E-state index in [2.05, 4.69) is 26.0 Å². The zero-order valence-corrected chi connectivity index (χ0v) is 12.8. The zero-order valence-electron chi connectivity index (χ0n) is 11.3. The summed E-state index contributed by atoms with van der Waals surface area (Å²) >= 11 is 3.55. The van der Waals surface area contributed by atoms with Gasteiger partial charge in [0.1, 0.15) is 0 Å². The van der Waals surface area contributed by atoms with Gasteiger partial charge < -0.3 is 5.11 Å². The van der Waals surface area contributed by atoms with Gasteiger partial charge >= 0.3 is 0 Å². The van der Waals surface area contributed by atoms with E-state index in [0.717, 1.165) is 32.5 Å². The Balaban J connectivity index is 2.37. The number of fused-ring (bicyclic) bond motifs is 1. The average Bonchev–Trinajstić information content (AvgIpc) is 2.73. The van der Waals surface area contributed by atoms with E-state index in [9.17, 15) is 5.11 Å². The highest BCUT2D eigenvalue weighted by Crippen LogP contribution is 2.27. The molecule has 0 aliphatic heterocycles. The standard InChI is InChI=1S/C15H14BrN3O/c1-9-15(16)10(2)19(18-9)14-7-11(8-20)17-13-6-4-3-5-12(13)14/h3-7,20H,8H2,1-2H3. The monoisotopic (exact) mass is 331 g/mol. The van der Waals surface area contributed by atoms with Crippen LogP contribution in [0.2, 0.25) is 0 Å². The number of para-hydroxylation sites is 1. The lowest BCUT2D eigenvalue weighted by atomic mass is 10.1. The van der Waals surface area contributed by atoms with Crippen molar-refractivity contribution in [3.8, 4) is 5.69 Å². The van der Waals surface area contributed by atoms with E-state index >= 15 is 0 Å². The maximum Gasteiger partial charge on any atom is 0.0854 e. The summed E-state index contributed by atoms with van der Waals surface area (Å²) in [5.74, 6) is 0. The first-order valence-electron chi connectivity index (χ1n) is 6.33. The summed E-state index contributed by atoms with van der Waals surface area (Å²) in [5.41, 5.74) is 4.41. The molecule has 1 N–H and O–H groups in total. The molecule has 3 rings (SSSR count). The fourth-order valence-corrected chi connectivity index (χ4v) is 2.57. The molecule has 3 aromatic rings. The molecule has 0 atom stereocenters. The van der Waals surface area contributed by atoms with Gasteiger partial charge in [0.15, 0.2) is 0 Å². The molecule has 2 heterocycles. The molecule has 4 nitrogen and oxygen atoms in total. The Morgan fingerprint density at radius 1 is 1.25 bits per heavy atom. The average molecular weight is 332 g/mol. The number of aliphatic hydroxyl groups excluding tert-OH is 1. The summed E-state index contributed by atoms with van der Waals surface area (Å²) < 4.78 is 2.90. The van der Waals surface area contributed by atoms with Crippen molar-refractivity contribution in [2.75, 3.05) is 0 Å². The van der Waals surface area contributed by atoms with E-state index in [1.807, 2.05) is 48.9 Å². The molecule has 20 heavy (non-hydrogen) atoms. The van der Waals surface area contributed by atoms with Gasteiger partial charge in [0, 0.05) is 5.39 Å². The largest absolute Gasteiger partial charge is 0.390 e. The minimum atomic E-state index is -0.0850. The lowest BCUT2D eigenvalue weighted by Gasteiger charge is -2.10. The maximum atomic E-state index is 9.40. The van der Waals surface area contributed by atoms with E-state index in [0.29, 0.717) is 5.69 Å². The van der Waals surface area contributed by atoms with Gasteiger partial charge in [-0.3, -0.25) is 4.98 Å². The molecule has 0 unspecified atom stereocenters. The van der Waals surface area contributed by atoms with Crippen LogP contribution in [0.1, 0.15) is 17.1 Å². The number of aromatic nitrogens is 3. The van der Waals surface area contributed by atoms with Gasteiger partial charge in [0.25, 0.3) is 0 Å². The van der Waals surface area contributed by atoms with Crippen LogP contribution >= 0.6 is 15.9 Å². The molecule has 0 bridgehead atoms. The smallest absolute Gasteiger partial charge is 0.0854 e. The van der Waals surface area contributed by atoms with Gasteiger partial charge in [-0.05, 0) is 41.9 Å². The Hall–Kier alpha value is -1.72. The van der Waals surface area contributed by atoms with E-state index in [1.165, 1.54) is 0 Å². The summed E-state index contributed by atoms with van der Waals surface area (Å²) in [5, 5.41) is 15.0. The van der Waals surface area contributed by atoms with Crippen LogP contribution in [-0.4, -0.2) is 19.9 Å². The van der Waals surface area contributed by atoms with Crippen molar-refractivity contribution in [3.63, 3.8) is 0 Å². The van der Waals surface area contributed by atoms with Crippen molar-refractivity contribution in [1.82, 2.24) is 14.8 Å². The molecule has 1 aromatic carbocycles. The molecule has 2 aromatic heterocycles. The summed E-state index contributed by atoms with van der Waals surface area (Å²) in [4.78, 5) is 4.44. The Labute approximate surface area is 125 Å². The third kappa shape index (κ3) is 2.03. The van der Waals surface area contributed by atoms with Gasteiger partial charge in [0.05, 0.1) is 39.4 Å². The topological polar surface area (TPSA) is 50.9 Å². The number of benzene rings is 1. The first-order chi connectivity index (χ1) is 9.61. The van der Waals surface area contributed by atoms with E-state index < -0.39 is 0 Å². The SMILES string of the molecule is Cc1nn(-c2cc(CO)nc3ccccc23)c(C)c1Br. The molecule has 0 spiro atoms. The van der Waals surface area contributed by atoms with Crippen LogP contribution in [0.5, 0.6) is 0 Å². The summed E-state index contributed by atoms with van der Waals surface area (Å²) in [7, 11) is 0. The number of rotatable bonds is 2. The molecule has 0 radical (unpaired) electrons. The normalized spacial score (nSPS) is 11.2. The summed E-state index contributed by atoms with van der Waals surface area (Å²) in [6, 6.07) is 9.76. The van der Waals surface area contributed by atoms with Crippen molar-refractivity contribution in [1.29, 1.82) is 0 Å². The van der Waals surface area contributed by atoms with Gasteiger partial charge in [0.2, 0.25) is 0 Å². The molecule has 0 saturated carbocycles. The second-order valence-electron chi connectivity index (χ2n) is 4.70. The highest BCUT2D eigenvalue weighted by atomic mass is 79.9. The molecule has 0 saturated heterocycles.